The molecule has 0 rings (SSSR count). The molecule has 0 radical (unpaired) electrons. The van der Waals surface area contributed by atoms with Gasteiger partial charge in [-0.2, -0.15) is 0 Å². The summed E-state index contributed by atoms with van der Waals surface area (Å²) in [6, 6.07) is 0. The minimum absolute atomic E-state index is 0.0745. The van der Waals surface area contributed by atoms with E-state index < -0.39 is 23.6 Å². The lowest BCUT2D eigenvalue weighted by atomic mass is 10.4. The van der Waals surface area contributed by atoms with Crippen molar-refractivity contribution >= 4 is 23.6 Å². The van der Waals surface area contributed by atoms with Crippen LogP contribution in [0.2, 0.25) is 0 Å². The number of hydrazine groups is 2. The molecule has 0 spiro atoms. The molecule has 0 bridgehead atoms. The van der Waals surface area contributed by atoms with E-state index in [0.29, 0.717) is 0 Å². The molecule has 0 unspecified atom stereocenters. The molecule has 78 valence electrons. The van der Waals surface area contributed by atoms with E-state index in [9.17, 15) is 19.2 Å². The van der Waals surface area contributed by atoms with Gasteiger partial charge in [0.15, 0.2) is 0 Å². The van der Waals surface area contributed by atoms with Gasteiger partial charge in [-0.3, -0.25) is 19.2 Å². The van der Waals surface area contributed by atoms with Gasteiger partial charge in [-0.25, -0.2) is 21.7 Å². The quantitative estimate of drug-likeness (QED) is 0.193. The Hall–Kier alpha value is -1.80. The fourth-order valence-corrected chi connectivity index (χ4v) is 0.492. The van der Waals surface area contributed by atoms with Crippen molar-refractivity contribution in [3.63, 3.8) is 0 Å². The van der Waals surface area contributed by atoms with Gasteiger partial charge in [0.1, 0.15) is 0 Å². The van der Waals surface area contributed by atoms with E-state index in [4.69, 9.17) is 11.7 Å². The highest BCUT2D eigenvalue weighted by atomic mass is 16.2. The Bertz CT molecular complexity index is 270. The molecule has 0 aliphatic carbocycles. The SMILES string of the molecule is CC(=O)N(N)C(=O)C(=O)N(N)C(C)=O. The standard InChI is InChI=1S/C6H10N4O4/c1-3(11)9(7)5(13)6(14)10(8)4(2)12/h7-8H2,1-2H3. The van der Waals surface area contributed by atoms with Crippen LogP contribution < -0.4 is 11.7 Å². The van der Waals surface area contributed by atoms with Crippen LogP contribution in [0.1, 0.15) is 13.8 Å². The highest BCUT2D eigenvalue weighted by molar-refractivity contribution is 6.39. The van der Waals surface area contributed by atoms with Gasteiger partial charge >= 0.3 is 11.8 Å². The lowest BCUT2D eigenvalue weighted by Gasteiger charge is -2.15. The van der Waals surface area contributed by atoms with Crippen molar-refractivity contribution in [1.82, 2.24) is 10.0 Å². The van der Waals surface area contributed by atoms with Crippen molar-refractivity contribution < 1.29 is 19.2 Å². The van der Waals surface area contributed by atoms with Crippen molar-refractivity contribution in [2.24, 2.45) is 11.7 Å². The van der Waals surface area contributed by atoms with E-state index in [2.05, 4.69) is 0 Å². The van der Waals surface area contributed by atoms with Crippen LogP contribution >= 0.6 is 0 Å². The monoisotopic (exact) mass is 202 g/mol. The Balaban J connectivity index is 4.64. The van der Waals surface area contributed by atoms with E-state index in [1.807, 2.05) is 0 Å². The van der Waals surface area contributed by atoms with Crippen LogP contribution in [0.5, 0.6) is 0 Å². The van der Waals surface area contributed by atoms with Crippen molar-refractivity contribution in [3.05, 3.63) is 0 Å². The predicted molar refractivity (Wildman–Crippen MR) is 43.4 cm³/mol. The topological polar surface area (TPSA) is 127 Å². The van der Waals surface area contributed by atoms with Crippen LogP contribution in [-0.2, 0) is 19.2 Å². The van der Waals surface area contributed by atoms with Gasteiger partial charge in [-0.05, 0) is 0 Å². The van der Waals surface area contributed by atoms with Crippen LogP contribution in [0.3, 0.4) is 0 Å². The molecule has 0 atom stereocenters. The molecule has 0 aromatic heterocycles. The fraction of sp³-hybridized carbons (Fsp3) is 0.333. The molecular formula is C6H10N4O4. The van der Waals surface area contributed by atoms with Crippen LogP contribution in [0.15, 0.2) is 0 Å². The molecule has 0 aliphatic heterocycles. The molecular weight excluding hydrogens is 192 g/mol. The van der Waals surface area contributed by atoms with E-state index >= 15 is 0 Å². The maximum atomic E-state index is 11.0. The first-order valence-corrected chi connectivity index (χ1v) is 3.48. The van der Waals surface area contributed by atoms with Gasteiger partial charge < -0.3 is 0 Å². The highest BCUT2D eigenvalue weighted by Gasteiger charge is 2.28. The number of carbonyl (C=O) groups excluding carboxylic acids is 4. The molecule has 0 saturated heterocycles. The van der Waals surface area contributed by atoms with Gasteiger partial charge in [0.25, 0.3) is 0 Å². The van der Waals surface area contributed by atoms with E-state index in [-0.39, 0.29) is 10.0 Å². The smallest absolute Gasteiger partial charge is 0.273 e. The van der Waals surface area contributed by atoms with Gasteiger partial charge in [0, 0.05) is 13.8 Å². The summed E-state index contributed by atoms with van der Waals surface area (Å²) in [6.45, 7) is 1.97. The maximum Gasteiger partial charge on any atom is 0.334 e. The second-order valence-electron chi connectivity index (χ2n) is 2.39. The summed E-state index contributed by atoms with van der Waals surface area (Å²) in [5, 5.41) is 0.149. The number of hydrogen-bond donors (Lipinski definition) is 2. The van der Waals surface area contributed by atoms with Crippen molar-refractivity contribution in [2.45, 2.75) is 13.8 Å². The number of amides is 4. The zero-order valence-corrected chi connectivity index (χ0v) is 7.68. The largest absolute Gasteiger partial charge is 0.334 e. The number of nitrogens with two attached hydrogens (primary N) is 2. The summed E-state index contributed by atoms with van der Waals surface area (Å²) in [7, 11) is 0. The van der Waals surface area contributed by atoms with Crippen LogP contribution in [0.4, 0.5) is 0 Å². The Morgan fingerprint density at radius 1 is 0.786 bits per heavy atom. The summed E-state index contributed by atoms with van der Waals surface area (Å²) in [5.41, 5.74) is 0. The third kappa shape index (κ3) is 2.61. The Morgan fingerprint density at radius 2 is 1.00 bits per heavy atom. The summed E-state index contributed by atoms with van der Waals surface area (Å²) >= 11 is 0. The van der Waals surface area contributed by atoms with Gasteiger partial charge in [0.2, 0.25) is 11.8 Å². The number of nitrogens with zero attached hydrogens (tertiary/aromatic N) is 2. The molecule has 4 amide bonds. The highest BCUT2D eigenvalue weighted by Crippen LogP contribution is 1.89. The average molecular weight is 202 g/mol. The summed E-state index contributed by atoms with van der Waals surface area (Å²) in [6.07, 6.45) is 0. The first-order valence-electron chi connectivity index (χ1n) is 3.48. The number of carbonyl (C=O) groups is 4. The third-order valence-electron chi connectivity index (χ3n) is 1.30. The molecule has 0 aromatic carbocycles. The minimum Gasteiger partial charge on any atom is -0.273 e. The Morgan fingerprint density at radius 3 is 1.14 bits per heavy atom. The van der Waals surface area contributed by atoms with Gasteiger partial charge in [-0.15, -0.1) is 0 Å². The normalized spacial score (nSPS) is 9.14. The van der Waals surface area contributed by atoms with E-state index in [1.165, 1.54) is 0 Å². The summed E-state index contributed by atoms with van der Waals surface area (Å²) in [5.74, 6) is 5.44. The van der Waals surface area contributed by atoms with E-state index in [1.54, 1.807) is 0 Å². The lowest BCUT2D eigenvalue weighted by Crippen LogP contribution is -2.53. The molecule has 0 fully saturated rings. The molecule has 0 saturated carbocycles. The van der Waals surface area contributed by atoms with Crippen LogP contribution in [0.25, 0.3) is 0 Å². The maximum absolute atomic E-state index is 11.0. The zero-order chi connectivity index (χ0) is 11.5. The Kier molecular flexibility index (Phi) is 3.87. The average Bonchev–Trinajstić information content (AvgIpc) is 2.12. The Labute approximate surface area is 79.3 Å². The van der Waals surface area contributed by atoms with E-state index in [0.717, 1.165) is 13.8 Å². The van der Waals surface area contributed by atoms with Crippen molar-refractivity contribution in [1.29, 1.82) is 0 Å². The van der Waals surface area contributed by atoms with Crippen molar-refractivity contribution in [3.8, 4) is 0 Å². The van der Waals surface area contributed by atoms with Crippen LogP contribution in [0, 0.1) is 0 Å². The molecule has 0 heterocycles. The molecule has 8 nitrogen and oxygen atoms in total. The second-order valence-corrected chi connectivity index (χ2v) is 2.39. The molecule has 14 heavy (non-hydrogen) atoms. The molecule has 4 N–H and O–H groups in total. The van der Waals surface area contributed by atoms with Gasteiger partial charge in [0.05, 0.1) is 0 Å². The third-order valence-corrected chi connectivity index (χ3v) is 1.30. The van der Waals surface area contributed by atoms with Crippen molar-refractivity contribution in [2.75, 3.05) is 0 Å². The predicted octanol–water partition coefficient (Wildman–Crippen LogP) is -2.52. The van der Waals surface area contributed by atoms with Gasteiger partial charge in [-0.1, -0.05) is 0 Å². The fourth-order valence-electron chi connectivity index (χ4n) is 0.492. The number of imide groups is 2. The molecule has 8 heteroatoms. The summed E-state index contributed by atoms with van der Waals surface area (Å²) < 4.78 is 0. The first-order chi connectivity index (χ1) is 6.29. The zero-order valence-electron chi connectivity index (χ0n) is 7.68. The molecule has 0 aromatic rings. The second kappa shape index (κ2) is 4.44. The first kappa shape index (κ1) is 12.2. The number of rotatable bonds is 0. The number of hydrogen-bond acceptors (Lipinski definition) is 6. The van der Waals surface area contributed by atoms with Crippen LogP contribution in [-0.4, -0.2) is 33.6 Å². The summed E-state index contributed by atoms with van der Waals surface area (Å²) in [4.78, 5) is 43.1. The lowest BCUT2D eigenvalue weighted by molar-refractivity contribution is -0.159. The molecule has 0 aliphatic rings. The minimum atomic E-state index is -1.37.